The van der Waals surface area contributed by atoms with Crippen LogP contribution in [0.25, 0.3) is 0 Å². The van der Waals surface area contributed by atoms with Gasteiger partial charge in [-0.3, -0.25) is 9.59 Å². The summed E-state index contributed by atoms with van der Waals surface area (Å²) < 4.78 is 0. The normalized spacial score (nSPS) is 21.6. The van der Waals surface area contributed by atoms with Gasteiger partial charge in [-0.15, -0.1) is 0 Å². The van der Waals surface area contributed by atoms with Crippen molar-refractivity contribution in [1.29, 1.82) is 0 Å². The van der Waals surface area contributed by atoms with Crippen LogP contribution < -0.4 is 16.0 Å². The molecule has 4 N–H and O–H groups in total. The minimum absolute atomic E-state index is 0.258. The number of benzene rings is 1. The minimum Gasteiger partial charge on any atom is -0.392 e. The van der Waals surface area contributed by atoms with Gasteiger partial charge in [0.05, 0.1) is 22.9 Å². The van der Waals surface area contributed by atoms with Crippen molar-refractivity contribution in [3.05, 3.63) is 28.8 Å². The van der Waals surface area contributed by atoms with Crippen LogP contribution in [0.4, 0.5) is 5.69 Å². The molecule has 1 aliphatic rings. The summed E-state index contributed by atoms with van der Waals surface area (Å²) in [7, 11) is 1.53. The molecule has 2 rings (SSSR count). The molecule has 0 bridgehead atoms. The third-order valence-electron chi connectivity index (χ3n) is 3.14. The van der Waals surface area contributed by atoms with Gasteiger partial charge in [0, 0.05) is 19.2 Å². The van der Waals surface area contributed by atoms with E-state index >= 15 is 0 Å². The number of nitrogens with one attached hydrogen (secondary N) is 3. The first-order valence-corrected chi connectivity index (χ1v) is 6.63. The fourth-order valence-electron chi connectivity index (χ4n) is 2.04. The largest absolute Gasteiger partial charge is 0.392 e. The highest BCUT2D eigenvalue weighted by molar-refractivity contribution is 6.34. The van der Waals surface area contributed by atoms with E-state index in [0.717, 1.165) is 0 Å². The Morgan fingerprint density at radius 1 is 1.45 bits per heavy atom. The molecule has 1 saturated heterocycles. The quantitative estimate of drug-likeness (QED) is 0.648. The van der Waals surface area contributed by atoms with Crippen LogP contribution in [0, 0.1) is 0 Å². The van der Waals surface area contributed by atoms with Gasteiger partial charge in [0.15, 0.2) is 0 Å². The van der Waals surface area contributed by atoms with Crippen LogP contribution in [0.3, 0.4) is 0 Å². The van der Waals surface area contributed by atoms with Crippen molar-refractivity contribution >= 4 is 29.1 Å². The van der Waals surface area contributed by atoms with Gasteiger partial charge in [-0.1, -0.05) is 11.6 Å². The molecule has 2 amide bonds. The summed E-state index contributed by atoms with van der Waals surface area (Å²) in [6.45, 7) is 0.393. The molecule has 6 nitrogen and oxygen atoms in total. The maximum atomic E-state index is 12.0. The number of aliphatic hydroxyl groups is 1. The highest BCUT2D eigenvalue weighted by atomic mass is 35.5. The van der Waals surface area contributed by atoms with Gasteiger partial charge in [0.2, 0.25) is 5.91 Å². The lowest BCUT2D eigenvalue weighted by Crippen LogP contribution is -2.35. The van der Waals surface area contributed by atoms with Crippen LogP contribution in [-0.2, 0) is 4.79 Å². The van der Waals surface area contributed by atoms with Crippen molar-refractivity contribution < 1.29 is 14.7 Å². The molecule has 0 aromatic heterocycles. The molecule has 2 unspecified atom stereocenters. The average Bonchev–Trinajstić information content (AvgIpc) is 2.87. The predicted molar refractivity (Wildman–Crippen MR) is 75.9 cm³/mol. The Labute approximate surface area is 121 Å². The summed E-state index contributed by atoms with van der Waals surface area (Å²) in [6, 6.07) is 4.20. The highest BCUT2D eigenvalue weighted by Crippen LogP contribution is 2.23. The van der Waals surface area contributed by atoms with E-state index in [4.69, 9.17) is 11.6 Å². The number of rotatable bonds is 3. The van der Waals surface area contributed by atoms with Crippen LogP contribution >= 0.6 is 11.6 Å². The van der Waals surface area contributed by atoms with Crippen LogP contribution in [0.2, 0.25) is 5.02 Å². The number of anilines is 1. The molecule has 1 aromatic carbocycles. The first-order chi connectivity index (χ1) is 9.51. The third kappa shape index (κ3) is 3.27. The van der Waals surface area contributed by atoms with E-state index in [0.29, 0.717) is 29.2 Å². The summed E-state index contributed by atoms with van der Waals surface area (Å²) in [5.41, 5.74) is 0.785. The van der Waals surface area contributed by atoms with E-state index < -0.39 is 12.1 Å². The summed E-state index contributed by atoms with van der Waals surface area (Å²) in [6.07, 6.45) is -0.156. The summed E-state index contributed by atoms with van der Waals surface area (Å²) in [5.74, 6) is -0.538. The average molecular weight is 298 g/mol. The van der Waals surface area contributed by atoms with Gasteiger partial charge in [-0.05, 0) is 24.6 Å². The molecule has 0 saturated carbocycles. The zero-order valence-corrected chi connectivity index (χ0v) is 11.7. The Balaban J connectivity index is 2.12. The zero-order valence-electron chi connectivity index (χ0n) is 10.9. The smallest absolute Gasteiger partial charge is 0.251 e. The molecule has 20 heavy (non-hydrogen) atoms. The molecule has 1 heterocycles. The molecule has 0 radical (unpaired) electrons. The molecule has 0 aliphatic carbocycles. The van der Waals surface area contributed by atoms with E-state index in [-0.39, 0.29) is 11.8 Å². The maximum absolute atomic E-state index is 12.0. The minimum atomic E-state index is -0.515. The van der Waals surface area contributed by atoms with Crippen molar-refractivity contribution in [1.82, 2.24) is 10.6 Å². The van der Waals surface area contributed by atoms with E-state index in [9.17, 15) is 14.7 Å². The van der Waals surface area contributed by atoms with Gasteiger partial charge in [-0.2, -0.15) is 0 Å². The Bertz CT molecular complexity index is 536. The second-order valence-electron chi connectivity index (χ2n) is 4.61. The SMILES string of the molecule is CNC(=O)c1ccc(Cl)c(NC(=O)C2CC(O)CN2)c1. The second-order valence-corrected chi connectivity index (χ2v) is 5.02. The Kier molecular flexibility index (Phi) is 4.59. The van der Waals surface area contributed by atoms with Crippen molar-refractivity contribution in [3.63, 3.8) is 0 Å². The van der Waals surface area contributed by atoms with Crippen molar-refractivity contribution in [3.8, 4) is 0 Å². The Hall–Kier alpha value is -1.63. The summed E-state index contributed by atoms with van der Waals surface area (Å²) >= 11 is 6.01. The maximum Gasteiger partial charge on any atom is 0.251 e. The number of amides is 2. The van der Waals surface area contributed by atoms with Crippen LogP contribution in [0.5, 0.6) is 0 Å². The highest BCUT2D eigenvalue weighted by Gasteiger charge is 2.28. The molecule has 1 aromatic rings. The number of carbonyl (C=O) groups excluding carboxylic acids is 2. The predicted octanol–water partition coefficient (Wildman–Crippen LogP) is 0.361. The Morgan fingerprint density at radius 3 is 2.80 bits per heavy atom. The van der Waals surface area contributed by atoms with E-state index in [1.54, 1.807) is 12.1 Å². The molecular formula is C13H16ClN3O3. The summed E-state index contributed by atoms with van der Waals surface area (Å²) in [5, 5.41) is 17.8. The van der Waals surface area contributed by atoms with Gasteiger partial charge in [0.1, 0.15) is 0 Å². The number of halogens is 1. The lowest BCUT2D eigenvalue weighted by Gasteiger charge is -2.13. The van der Waals surface area contributed by atoms with E-state index in [2.05, 4.69) is 16.0 Å². The fourth-order valence-corrected chi connectivity index (χ4v) is 2.21. The fraction of sp³-hybridized carbons (Fsp3) is 0.385. The van der Waals surface area contributed by atoms with E-state index in [1.165, 1.54) is 13.1 Å². The molecule has 7 heteroatoms. The number of β-amino-alcohol motifs (C(OH)–C–C–N with tert-alkyl or cyclic N) is 1. The number of aliphatic hydroxyl groups excluding tert-OH is 1. The van der Waals surface area contributed by atoms with Gasteiger partial charge >= 0.3 is 0 Å². The number of hydrogen-bond donors (Lipinski definition) is 4. The monoisotopic (exact) mass is 297 g/mol. The zero-order chi connectivity index (χ0) is 14.7. The first-order valence-electron chi connectivity index (χ1n) is 6.25. The molecular weight excluding hydrogens is 282 g/mol. The third-order valence-corrected chi connectivity index (χ3v) is 3.47. The van der Waals surface area contributed by atoms with Crippen molar-refractivity contribution in [2.45, 2.75) is 18.6 Å². The molecule has 2 atom stereocenters. The van der Waals surface area contributed by atoms with Gasteiger partial charge in [0.25, 0.3) is 5.91 Å². The van der Waals surface area contributed by atoms with Crippen LogP contribution in [0.15, 0.2) is 18.2 Å². The topological polar surface area (TPSA) is 90.5 Å². The van der Waals surface area contributed by atoms with E-state index in [1.807, 2.05) is 0 Å². The standard InChI is InChI=1S/C13H16ClN3O3/c1-15-12(19)7-2-3-9(14)10(4-7)17-13(20)11-5-8(18)6-16-11/h2-4,8,11,16,18H,5-6H2,1H3,(H,15,19)(H,17,20). The van der Waals surface area contributed by atoms with Gasteiger partial charge in [-0.25, -0.2) is 0 Å². The lowest BCUT2D eigenvalue weighted by molar-refractivity contribution is -0.117. The summed E-state index contributed by atoms with van der Waals surface area (Å²) in [4.78, 5) is 23.6. The van der Waals surface area contributed by atoms with Crippen molar-refractivity contribution in [2.75, 3.05) is 18.9 Å². The Morgan fingerprint density at radius 2 is 2.20 bits per heavy atom. The first kappa shape index (κ1) is 14.8. The lowest BCUT2D eigenvalue weighted by atomic mass is 10.1. The second kappa shape index (κ2) is 6.21. The number of carbonyl (C=O) groups is 2. The number of hydrogen-bond acceptors (Lipinski definition) is 4. The molecule has 1 fully saturated rings. The van der Waals surface area contributed by atoms with Crippen LogP contribution in [-0.4, -0.2) is 42.7 Å². The van der Waals surface area contributed by atoms with Crippen molar-refractivity contribution in [2.24, 2.45) is 0 Å². The van der Waals surface area contributed by atoms with Crippen LogP contribution in [0.1, 0.15) is 16.8 Å². The molecule has 1 aliphatic heterocycles. The molecule has 108 valence electrons. The molecule has 0 spiro atoms. The van der Waals surface area contributed by atoms with Gasteiger partial charge < -0.3 is 21.1 Å².